The van der Waals surface area contributed by atoms with Gasteiger partial charge in [-0.2, -0.15) is 0 Å². The van der Waals surface area contributed by atoms with Crippen molar-refractivity contribution in [3.05, 3.63) is 89.0 Å². The average molecular weight is 431 g/mol. The number of para-hydroxylation sites is 1. The number of rotatable bonds is 4. The van der Waals surface area contributed by atoms with Crippen LogP contribution in [0, 0.1) is 0 Å². The molecule has 5 nitrogen and oxygen atoms in total. The molecule has 146 valence electrons. The lowest BCUT2D eigenvalue weighted by atomic mass is 9.83. The molecule has 1 aliphatic rings. The van der Waals surface area contributed by atoms with Crippen LogP contribution in [-0.2, 0) is 4.79 Å². The Hall–Kier alpha value is -3.29. The molecule has 1 aliphatic carbocycles. The minimum absolute atomic E-state index is 0.155. The highest BCUT2D eigenvalue weighted by molar-refractivity contribution is 8.01. The van der Waals surface area contributed by atoms with Gasteiger partial charge >= 0.3 is 0 Å². The van der Waals surface area contributed by atoms with Crippen LogP contribution >= 0.6 is 23.1 Å². The zero-order chi connectivity index (χ0) is 20.7. The number of benzene rings is 3. The quantitative estimate of drug-likeness (QED) is 0.415. The molecule has 0 bridgehead atoms. The van der Waals surface area contributed by atoms with Crippen molar-refractivity contribution in [2.75, 3.05) is 11.1 Å². The standard InChI is InChI=1S/C23H14N2O3S2/c26-19(12-29-23-25-16-9-3-4-11-18(16)30-23)24-17-10-5-8-15-20(17)22(28)14-7-2-1-6-13(14)21(15)27/h1-11H,12H2,(H,24,26). The first-order valence-electron chi connectivity index (χ1n) is 9.21. The van der Waals surface area contributed by atoms with Gasteiger partial charge in [0, 0.05) is 16.7 Å². The largest absolute Gasteiger partial charge is 0.325 e. The first-order valence-corrected chi connectivity index (χ1v) is 11.0. The molecule has 30 heavy (non-hydrogen) atoms. The van der Waals surface area contributed by atoms with Crippen LogP contribution in [0.1, 0.15) is 31.8 Å². The van der Waals surface area contributed by atoms with Crippen LogP contribution in [0.5, 0.6) is 0 Å². The fourth-order valence-electron chi connectivity index (χ4n) is 3.48. The van der Waals surface area contributed by atoms with Crippen molar-refractivity contribution in [2.45, 2.75) is 4.34 Å². The van der Waals surface area contributed by atoms with Crippen molar-refractivity contribution in [2.24, 2.45) is 0 Å². The van der Waals surface area contributed by atoms with E-state index in [0.29, 0.717) is 22.4 Å². The van der Waals surface area contributed by atoms with Crippen LogP contribution < -0.4 is 5.32 Å². The number of nitrogens with zero attached hydrogens (tertiary/aromatic N) is 1. The van der Waals surface area contributed by atoms with Crippen LogP contribution in [0.3, 0.4) is 0 Å². The third kappa shape index (κ3) is 3.22. The molecule has 1 amide bonds. The van der Waals surface area contributed by atoms with Gasteiger partial charge in [-0.25, -0.2) is 4.98 Å². The second-order valence-corrected chi connectivity index (χ2v) is 8.97. The molecule has 0 fully saturated rings. The smallest absolute Gasteiger partial charge is 0.234 e. The maximum Gasteiger partial charge on any atom is 0.234 e. The van der Waals surface area contributed by atoms with E-state index in [1.807, 2.05) is 24.3 Å². The monoisotopic (exact) mass is 430 g/mol. The normalized spacial score (nSPS) is 12.5. The fraction of sp³-hybridized carbons (Fsp3) is 0.0435. The predicted molar refractivity (Wildman–Crippen MR) is 119 cm³/mol. The van der Waals surface area contributed by atoms with Crippen LogP contribution in [-0.4, -0.2) is 28.2 Å². The molecule has 0 saturated heterocycles. The summed E-state index contributed by atoms with van der Waals surface area (Å²) in [5.74, 6) is -0.566. The Kier molecular flexibility index (Phi) is 4.69. The number of carbonyl (C=O) groups is 3. The van der Waals surface area contributed by atoms with Gasteiger partial charge in [0.1, 0.15) is 0 Å². The Balaban J connectivity index is 1.37. The van der Waals surface area contributed by atoms with E-state index >= 15 is 0 Å². The van der Waals surface area contributed by atoms with Crippen LogP contribution in [0.25, 0.3) is 10.2 Å². The van der Waals surface area contributed by atoms with Gasteiger partial charge in [-0.05, 0) is 18.2 Å². The molecular weight excluding hydrogens is 416 g/mol. The summed E-state index contributed by atoms with van der Waals surface area (Å²) >= 11 is 2.88. The number of aromatic nitrogens is 1. The van der Waals surface area contributed by atoms with E-state index < -0.39 is 0 Å². The molecule has 1 N–H and O–H groups in total. The van der Waals surface area contributed by atoms with Crippen LogP contribution in [0.4, 0.5) is 5.69 Å². The number of thiazole rings is 1. The van der Waals surface area contributed by atoms with Gasteiger partial charge in [0.25, 0.3) is 0 Å². The number of thioether (sulfide) groups is 1. The summed E-state index contributed by atoms with van der Waals surface area (Å²) in [6, 6.07) is 19.5. The van der Waals surface area contributed by atoms with E-state index in [4.69, 9.17) is 0 Å². The summed E-state index contributed by atoms with van der Waals surface area (Å²) in [7, 11) is 0. The molecule has 0 aliphatic heterocycles. The summed E-state index contributed by atoms with van der Waals surface area (Å²) in [6.07, 6.45) is 0. The molecule has 7 heteroatoms. The average Bonchev–Trinajstić information content (AvgIpc) is 3.19. The molecule has 5 rings (SSSR count). The van der Waals surface area contributed by atoms with Crippen molar-refractivity contribution in [1.29, 1.82) is 0 Å². The molecule has 0 spiro atoms. The summed E-state index contributed by atoms with van der Waals surface area (Å²) in [5.41, 5.74) is 2.58. The Bertz CT molecular complexity index is 1310. The number of hydrogen-bond donors (Lipinski definition) is 1. The predicted octanol–water partition coefficient (Wildman–Crippen LogP) is 4.80. The van der Waals surface area contributed by atoms with Gasteiger partial charge in [-0.15, -0.1) is 11.3 Å². The molecule has 1 heterocycles. The van der Waals surface area contributed by atoms with Crippen molar-refractivity contribution >= 4 is 56.5 Å². The van der Waals surface area contributed by atoms with E-state index in [2.05, 4.69) is 10.3 Å². The Morgan fingerprint density at radius 3 is 2.37 bits per heavy atom. The first-order chi connectivity index (χ1) is 14.6. The van der Waals surface area contributed by atoms with Gasteiger partial charge in [0.2, 0.25) is 5.91 Å². The SMILES string of the molecule is O=C(CSc1nc2ccccc2s1)Nc1cccc2c1C(=O)c1ccccc1C2=O. The number of carbonyl (C=O) groups excluding carboxylic acids is 3. The van der Waals surface area contributed by atoms with Gasteiger partial charge in [-0.1, -0.05) is 60.3 Å². The molecule has 4 aromatic rings. The lowest BCUT2D eigenvalue weighted by Crippen LogP contribution is -2.24. The van der Waals surface area contributed by atoms with Crippen molar-refractivity contribution in [3.63, 3.8) is 0 Å². The van der Waals surface area contributed by atoms with E-state index in [-0.39, 0.29) is 28.8 Å². The second-order valence-electron chi connectivity index (χ2n) is 6.72. The maximum absolute atomic E-state index is 13.0. The molecule has 0 unspecified atom stereocenters. The zero-order valence-electron chi connectivity index (χ0n) is 15.5. The molecular formula is C23H14N2O3S2. The molecule has 0 atom stereocenters. The number of ketones is 2. The Labute approximate surface area is 180 Å². The summed E-state index contributed by atoms with van der Waals surface area (Å²) in [5, 5.41) is 2.80. The molecule has 0 radical (unpaired) electrons. The number of anilines is 1. The van der Waals surface area contributed by atoms with E-state index in [9.17, 15) is 14.4 Å². The third-order valence-corrected chi connectivity index (χ3v) is 7.01. The third-order valence-electron chi connectivity index (χ3n) is 4.83. The Morgan fingerprint density at radius 2 is 1.57 bits per heavy atom. The molecule has 3 aromatic carbocycles. The highest BCUT2D eigenvalue weighted by atomic mass is 32.2. The molecule has 0 saturated carbocycles. The zero-order valence-corrected chi connectivity index (χ0v) is 17.2. The summed E-state index contributed by atoms with van der Waals surface area (Å²) < 4.78 is 1.88. The van der Waals surface area contributed by atoms with Gasteiger partial charge in [0.05, 0.1) is 27.2 Å². The first kappa shape index (κ1) is 18.7. The minimum Gasteiger partial charge on any atom is -0.325 e. The van der Waals surface area contributed by atoms with E-state index in [1.54, 1.807) is 42.5 Å². The summed E-state index contributed by atoms with van der Waals surface area (Å²) in [6.45, 7) is 0. The maximum atomic E-state index is 13.0. The number of hydrogen-bond acceptors (Lipinski definition) is 6. The lowest BCUT2D eigenvalue weighted by molar-refractivity contribution is -0.113. The van der Waals surface area contributed by atoms with Crippen molar-refractivity contribution in [1.82, 2.24) is 4.98 Å². The van der Waals surface area contributed by atoms with Crippen molar-refractivity contribution in [3.8, 4) is 0 Å². The number of nitrogens with one attached hydrogen (secondary N) is 1. The Morgan fingerprint density at radius 1 is 0.867 bits per heavy atom. The van der Waals surface area contributed by atoms with E-state index in [1.165, 1.54) is 23.1 Å². The van der Waals surface area contributed by atoms with Gasteiger partial charge in [0.15, 0.2) is 15.9 Å². The topological polar surface area (TPSA) is 76.1 Å². The highest BCUT2D eigenvalue weighted by Gasteiger charge is 2.31. The highest BCUT2D eigenvalue weighted by Crippen LogP contribution is 2.33. The van der Waals surface area contributed by atoms with Gasteiger partial charge in [-0.3, -0.25) is 14.4 Å². The number of amides is 1. The van der Waals surface area contributed by atoms with Crippen molar-refractivity contribution < 1.29 is 14.4 Å². The van der Waals surface area contributed by atoms with Crippen LogP contribution in [0.2, 0.25) is 0 Å². The van der Waals surface area contributed by atoms with Crippen LogP contribution in [0.15, 0.2) is 71.1 Å². The minimum atomic E-state index is -0.258. The molecule has 1 aromatic heterocycles. The fourth-order valence-corrected chi connectivity index (χ4v) is 5.34. The summed E-state index contributed by atoms with van der Waals surface area (Å²) in [4.78, 5) is 42.9. The second kappa shape index (κ2) is 7.51. The van der Waals surface area contributed by atoms with Gasteiger partial charge < -0.3 is 5.32 Å². The van der Waals surface area contributed by atoms with E-state index in [0.717, 1.165) is 14.6 Å². The number of fused-ring (bicyclic) bond motifs is 3. The lowest BCUT2D eigenvalue weighted by Gasteiger charge is -2.20.